The van der Waals surface area contributed by atoms with Crippen molar-refractivity contribution in [3.05, 3.63) is 71.8 Å². The molecule has 2 aromatic rings. The monoisotopic (exact) mass is 304 g/mol. The van der Waals surface area contributed by atoms with E-state index in [2.05, 4.69) is 30.3 Å². The van der Waals surface area contributed by atoms with Gasteiger partial charge in [0.1, 0.15) is 0 Å². The molecule has 4 rings (SSSR count). The lowest BCUT2D eigenvalue weighted by molar-refractivity contribution is 0.0903. The third kappa shape index (κ3) is 2.73. The van der Waals surface area contributed by atoms with Crippen molar-refractivity contribution in [2.45, 2.75) is 44.4 Å². The lowest BCUT2D eigenvalue weighted by Gasteiger charge is -2.22. The van der Waals surface area contributed by atoms with Gasteiger partial charge in [-0.2, -0.15) is 0 Å². The van der Waals surface area contributed by atoms with Gasteiger partial charge in [0.25, 0.3) is 0 Å². The molecule has 0 bridgehead atoms. The Kier molecular flexibility index (Phi) is 3.80. The molecule has 118 valence electrons. The standard InChI is InChI=1S/C22H24O/c23-21(18-11-5-2-6-12-18)20-16-22(13-7-8-14-22)15-19(20)17-9-3-1-4-10-17/h1-6,9-12,19-20H,7-8,13-16H2/t19-,20+/m1/s1. The van der Waals surface area contributed by atoms with Crippen molar-refractivity contribution in [2.75, 3.05) is 0 Å². The van der Waals surface area contributed by atoms with E-state index in [4.69, 9.17) is 0 Å². The highest BCUT2D eigenvalue weighted by atomic mass is 16.1. The zero-order valence-electron chi connectivity index (χ0n) is 13.6. The fourth-order valence-electron chi connectivity index (χ4n) is 4.98. The lowest BCUT2D eigenvalue weighted by atomic mass is 9.82. The van der Waals surface area contributed by atoms with Crippen molar-refractivity contribution in [2.24, 2.45) is 11.3 Å². The Labute approximate surface area is 138 Å². The zero-order valence-corrected chi connectivity index (χ0v) is 13.6. The second kappa shape index (κ2) is 5.96. The molecule has 2 aliphatic rings. The molecule has 1 nitrogen and oxygen atoms in total. The third-order valence-electron chi connectivity index (χ3n) is 6.08. The van der Waals surface area contributed by atoms with Crippen molar-refractivity contribution < 1.29 is 4.79 Å². The molecule has 0 N–H and O–H groups in total. The number of carbonyl (C=O) groups is 1. The number of hydrogen-bond donors (Lipinski definition) is 0. The van der Waals surface area contributed by atoms with Gasteiger partial charge in [-0.1, -0.05) is 73.5 Å². The summed E-state index contributed by atoms with van der Waals surface area (Å²) in [5.41, 5.74) is 2.66. The van der Waals surface area contributed by atoms with Crippen LogP contribution in [0.3, 0.4) is 0 Å². The summed E-state index contributed by atoms with van der Waals surface area (Å²) >= 11 is 0. The van der Waals surface area contributed by atoms with E-state index in [0.29, 0.717) is 17.1 Å². The molecule has 0 heterocycles. The fraction of sp³-hybridized carbons (Fsp3) is 0.409. The van der Waals surface area contributed by atoms with Crippen molar-refractivity contribution in [1.82, 2.24) is 0 Å². The summed E-state index contributed by atoms with van der Waals surface area (Å²) < 4.78 is 0. The Balaban J connectivity index is 1.68. The van der Waals surface area contributed by atoms with Gasteiger partial charge in [-0.3, -0.25) is 4.79 Å². The molecule has 1 spiro atoms. The van der Waals surface area contributed by atoms with E-state index in [1.807, 2.05) is 30.3 Å². The highest BCUT2D eigenvalue weighted by Gasteiger charge is 2.49. The average Bonchev–Trinajstić information content (AvgIpc) is 3.23. The summed E-state index contributed by atoms with van der Waals surface area (Å²) in [5.74, 6) is 0.892. The van der Waals surface area contributed by atoms with Crippen LogP contribution in [0.25, 0.3) is 0 Å². The normalized spacial score (nSPS) is 25.7. The summed E-state index contributed by atoms with van der Waals surface area (Å²) in [6.45, 7) is 0. The van der Waals surface area contributed by atoms with E-state index in [1.165, 1.54) is 37.7 Å². The summed E-state index contributed by atoms with van der Waals surface area (Å²) in [7, 11) is 0. The van der Waals surface area contributed by atoms with Gasteiger partial charge in [0, 0.05) is 11.5 Å². The van der Waals surface area contributed by atoms with Gasteiger partial charge in [-0.15, -0.1) is 0 Å². The highest BCUT2D eigenvalue weighted by molar-refractivity contribution is 5.98. The molecular formula is C22H24O. The lowest BCUT2D eigenvalue weighted by Crippen LogP contribution is -2.18. The molecule has 2 saturated carbocycles. The third-order valence-corrected chi connectivity index (χ3v) is 6.08. The molecule has 0 aliphatic heterocycles. The molecule has 2 atom stereocenters. The predicted molar refractivity (Wildman–Crippen MR) is 93.6 cm³/mol. The quantitative estimate of drug-likeness (QED) is 0.672. The molecular weight excluding hydrogens is 280 g/mol. The van der Waals surface area contributed by atoms with Gasteiger partial charge in [0.05, 0.1) is 0 Å². The molecule has 1 heteroatoms. The first-order valence-corrected chi connectivity index (χ1v) is 8.92. The van der Waals surface area contributed by atoms with Gasteiger partial charge < -0.3 is 0 Å². The maximum Gasteiger partial charge on any atom is 0.166 e. The van der Waals surface area contributed by atoms with Crippen LogP contribution in [-0.2, 0) is 0 Å². The molecule has 2 aromatic carbocycles. The van der Waals surface area contributed by atoms with Crippen molar-refractivity contribution in [3.8, 4) is 0 Å². The van der Waals surface area contributed by atoms with Gasteiger partial charge in [0.2, 0.25) is 0 Å². The van der Waals surface area contributed by atoms with Crippen LogP contribution in [-0.4, -0.2) is 5.78 Å². The number of Topliss-reactive ketones (excluding diaryl/α,β-unsaturated/α-hetero) is 1. The minimum absolute atomic E-state index is 0.151. The van der Waals surface area contributed by atoms with Gasteiger partial charge >= 0.3 is 0 Å². The first-order chi connectivity index (χ1) is 11.3. The van der Waals surface area contributed by atoms with Crippen molar-refractivity contribution in [1.29, 1.82) is 0 Å². The Bertz CT molecular complexity index is 668. The van der Waals surface area contributed by atoms with Crippen LogP contribution in [0.4, 0.5) is 0 Å². The van der Waals surface area contributed by atoms with E-state index < -0.39 is 0 Å². The second-order valence-electron chi connectivity index (χ2n) is 7.47. The molecule has 2 aliphatic carbocycles. The van der Waals surface area contributed by atoms with Crippen LogP contribution >= 0.6 is 0 Å². The van der Waals surface area contributed by atoms with Crippen LogP contribution < -0.4 is 0 Å². The molecule has 23 heavy (non-hydrogen) atoms. The SMILES string of the molecule is O=C(c1ccccc1)[C@H]1CC2(CCCC2)C[C@@H]1c1ccccc1. The first kappa shape index (κ1) is 14.7. The van der Waals surface area contributed by atoms with Crippen LogP contribution in [0, 0.1) is 11.3 Å². The minimum Gasteiger partial charge on any atom is -0.294 e. The Morgan fingerprint density at radius 2 is 1.43 bits per heavy atom. The van der Waals surface area contributed by atoms with Crippen LogP contribution in [0.2, 0.25) is 0 Å². The Morgan fingerprint density at radius 3 is 2.09 bits per heavy atom. The maximum absolute atomic E-state index is 13.2. The van der Waals surface area contributed by atoms with E-state index in [-0.39, 0.29) is 5.92 Å². The Morgan fingerprint density at radius 1 is 0.826 bits per heavy atom. The topological polar surface area (TPSA) is 17.1 Å². The van der Waals surface area contributed by atoms with E-state index in [9.17, 15) is 4.79 Å². The molecule has 0 aromatic heterocycles. The minimum atomic E-state index is 0.151. The van der Waals surface area contributed by atoms with Crippen molar-refractivity contribution in [3.63, 3.8) is 0 Å². The maximum atomic E-state index is 13.2. The molecule has 0 radical (unpaired) electrons. The molecule has 0 amide bonds. The summed E-state index contributed by atoms with van der Waals surface area (Å²) in [6.07, 6.45) is 7.59. The van der Waals surface area contributed by atoms with Crippen LogP contribution in [0.1, 0.15) is 60.4 Å². The highest BCUT2D eigenvalue weighted by Crippen LogP contribution is 2.58. The molecule has 2 fully saturated rings. The summed E-state index contributed by atoms with van der Waals surface area (Å²) in [4.78, 5) is 13.2. The number of benzene rings is 2. The van der Waals surface area contributed by atoms with Gasteiger partial charge in [-0.05, 0) is 42.6 Å². The van der Waals surface area contributed by atoms with Crippen LogP contribution in [0.15, 0.2) is 60.7 Å². The van der Waals surface area contributed by atoms with E-state index >= 15 is 0 Å². The number of carbonyl (C=O) groups excluding carboxylic acids is 1. The van der Waals surface area contributed by atoms with E-state index in [0.717, 1.165) is 12.0 Å². The molecule has 0 saturated heterocycles. The zero-order chi connectivity index (χ0) is 15.7. The predicted octanol–water partition coefficient (Wildman–Crippen LogP) is 5.62. The van der Waals surface area contributed by atoms with Crippen LogP contribution in [0.5, 0.6) is 0 Å². The smallest absolute Gasteiger partial charge is 0.166 e. The van der Waals surface area contributed by atoms with E-state index in [1.54, 1.807) is 0 Å². The van der Waals surface area contributed by atoms with Crippen molar-refractivity contribution >= 4 is 5.78 Å². The first-order valence-electron chi connectivity index (χ1n) is 8.92. The summed E-state index contributed by atoms with van der Waals surface area (Å²) in [5, 5.41) is 0. The largest absolute Gasteiger partial charge is 0.294 e. The Hall–Kier alpha value is -1.89. The molecule has 0 unspecified atom stereocenters. The van der Waals surface area contributed by atoms with Gasteiger partial charge in [-0.25, -0.2) is 0 Å². The fourth-order valence-corrected chi connectivity index (χ4v) is 4.98. The number of ketones is 1. The average molecular weight is 304 g/mol. The van der Waals surface area contributed by atoms with Gasteiger partial charge in [0.15, 0.2) is 5.78 Å². The summed E-state index contributed by atoms with van der Waals surface area (Å²) in [6, 6.07) is 20.6. The number of rotatable bonds is 3. The number of hydrogen-bond acceptors (Lipinski definition) is 1. The second-order valence-corrected chi connectivity index (χ2v) is 7.47.